The molecule has 0 spiro atoms. The second kappa shape index (κ2) is 4.75. The summed E-state index contributed by atoms with van der Waals surface area (Å²) < 4.78 is 4.98. The van der Waals surface area contributed by atoms with E-state index in [0.29, 0.717) is 11.3 Å². The third kappa shape index (κ3) is 2.44. The summed E-state index contributed by atoms with van der Waals surface area (Å²) in [6.07, 6.45) is 0. The van der Waals surface area contributed by atoms with E-state index in [1.54, 1.807) is 13.0 Å². The van der Waals surface area contributed by atoms with E-state index in [9.17, 15) is 10.1 Å². The molecule has 0 aliphatic carbocycles. The zero-order chi connectivity index (χ0) is 11.4. The van der Waals surface area contributed by atoms with Crippen LogP contribution in [0.1, 0.15) is 18.4 Å². The van der Waals surface area contributed by atoms with Crippen molar-refractivity contribution >= 4 is 5.69 Å². The van der Waals surface area contributed by atoms with Crippen LogP contribution < -0.4 is 4.74 Å². The molecule has 0 aliphatic heterocycles. The number of nitro benzene ring substituents is 1. The number of aliphatic hydroxyl groups is 1. The fourth-order valence-electron chi connectivity index (χ4n) is 1.32. The Morgan fingerprint density at radius 3 is 2.73 bits per heavy atom. The summed E-state index contributed by atoms with van der Waals surface area (Å²) in [6, 6.07) is 4.51. The number of aliphatic hydroxyl groups excluding tert-OH is 1. The average Bonchev–Trinajstić information content (AvgIpc) is 2.26. The molecule has 15 heavy (non-hydrogen) atoms. The van der Waals surface area contributed by atoms with E-state index in [0.717, 1.165) is 0 Å². The first kappa shape index (κ1) is 11.5. The fourth-order valence-corrected chi connectivity index (χ4v) is 1.32. The van der Waals surface area contributed by atoms with Crippen LogP contribution >= 0.6 is 0 Å². The molecule has 0 aromatic heterocycles. The molecule has 82 valence electrons. The molecule has 1 aromatic carbocycles. The van der Waals surface area contributed by atoms with Crippen LogP contribution in [-0.2, 0) is 0 Å². The van der Waals surface area contributed by atoms with Gasteiger partial charge in [0.25, 0.3) is 5.69 Å². The summed E-state index contributed by atoms with van der Waals surface area (Å²) >= 11 is 0. The summed E-state index contributed by atoms with van der Waals surface area (Å²) in [5.41, 5.74) is 0.499. The zero-order valence-electron chi connectivity index (χ0n) is 8.64. The first-order valence-corrected chi connectivity index (χ1v) is 4.53. The van der Waals surface area contributed by atoms with Crippen LogP contribution in [0.25, 0.3) is 0 Å². The van der Waals surface area contributed by atoms with E-state index in [2.05, 4.69) is 0 Å². The topological polar surface area (TPSA) is 72.6 Å². The highest BCUT2D eigenvalue weighted by Gasteiger charge is 2.19. The van der Waals surface area contributed by atoms with Gasteiger partial charge in [0, 0.05) is 24.2 Å². The molecule has 0 heterocycles. The third-order valence-corrected chi connectivity index (χ3v) is 2.24. The lowest BCUT2D eigenvalue weighted by Crippen LogP contribution is -2.03. The van der Waals surface area contributed by atoms with E-state index in [-0.39, 0.29) is 18.2 Å². The largest absolute Gasteiger partial charge is 0.497 e. The summed E-state index contributed by atoms with van der Waals surface area (Å²) in [6.45, 7) is 1.59. The lowest BCUT2D eigenvalue weighted by molar-refractivity contribution is -0.385. The summed E-state index contributed by atoms with van der Waals surface area (Å²) in [5.74, 6) is 0.274. The van der Waals surface area contributed by atoms with Crippen molar-refractivity contribution in [1.29, 1.82) is 0 Å². The Kier molecular flexibility index (Phi) is 3.62. The van der Waals surface area contributed by atoms with Gasteiger partial charge in [0.2, 0.25) is 0 Å². The van der Waals surface area contributed by atoms with E-state index in [1.165, 1.54) is 19.2 Å². The summed E-state index contributed by atoms with van der Waals surface area (Å²) in [7, 11) is 1.49. The van der Waals surface area contributed by atoms with Gasteiger partial charge in [-0.3, -0.25) is 10.1 Å². The number of benzene rings is 1. The third-order valence-electron chi connectivity index (χ3n) is 2.24. The molecule has 0 radical (unpaired) electrons. The predicted octanol–water partition coefficient (Wildman–Crippen LogP) is 1.70. The van der Waals surface area contributed by atoms with Crippen molar-refractivity contribution < 1.29 is 14.8 Å². The van der Waals surface area contributed by atoms with Crippen molar-refractivity contribution in [2.24, 2.45) is 0 Å². The molecule has 1 unspecified atom stereocenters. The van der Waals surface area contributed by atoms with Crippen LogP contribution in [0.3, 0.4) is 0 Å². The molecule has 1 rings (SSSR count). The smallest absolute Gasteiger partial charge is 0.273 e. The number of ether oxygens (including phenoxy) is 1. The Balaban J connectivity index is 3.22. The van der Waals surface area contributed by atoms with Gasteiger partial charge in [0.1, 0.15) is 5.75 Å². The molecular formula is C10H13NO4. The van der Waals surface area contributed by atoms with Crippen molar-refractivity contribution in [2.45, 2.75) is 12.8 Å². The number of hydrogen-bond acceptors (Lipinski definition) is 4. The van der Waals surface area contributed by atoms with Crippen molar-refractivity contribution in [3.63, 3.8) is 0 Å². The minimum Gasteiger partial charge on any atom is -0.497 e. The van der Waals surface area contributed by atoms with E-state index < -0.39 is 4.92 Å². The molecule has 0 amide bonds. The number of nitrogens with zero attached hydrogens (tertiary/aromatic N) is 1. The monoisotopic (exact) mass is 211 g/mol. The Morgan fingerprint density at radius 2 is 2.27 bits per heavy atom. The first-order chi connectivity index (χ1) is 7.10. The Labute approximate surface area is 87.5 Å². The first-order valence-electron chi connectivity index (χ1n) is 4.53. The molecule has 0 fully saturated rings. The lowest BCUT2D eigenvalue weighted by atomic mass is 10.00. The van der Waals surface area contributed by atoms with Crippen molar-refractivity contribution in [2.75, 3.05) is 13.7 Å². The highest BCUT2D eigenvalue weighted by Crippen LogP contribution is 2.29. The molecule has 1 aromatic rings. The highest BCUT2D eigenvalue weighted by molar-refractivity contribution is 5.47. The van der Waals surface area contributed by atoms with Crippen LogP contribution in [0, 0.1) is 10.1 Å². The second-order valence-electron chi connectivity index (χ2n) is 3.27. The van der Waals surface area contributed by atoms with Crippen molar-refractivity contribution in [3.8, 4) is 5.75 Å². The van der Waals surface area contributed by atoms with Gasteiger partial charge in [-0.1, -0.05) is 6.92 Å². The summed E-state index contributed by atoms with van der Waals surface area (Å²) in [5, 5.41) is 19.7. The standard InChI is InChI=1S/C10H13NO4/c1-7(6-12)9-5-8(15-2)3-4-10(9)11(13)14/h3-5,7,12H,6H2,1-2H3. The maximum absolute atomic E-state index is 10.7. The Morgan fingerprint density at radius 1 is 1.60 bits per heavy atom. The predicted molar refractivity (Wildman–Crippen MR) is 55.1 cm³/mol. The van der Waals surface area contributed by atoms with Crippen molar-refractivity contribution in [1.82, 2.24) is 0 Å². The summed E-state index contributed by atoms with van der Waals surface area (Å²) in [4.78, 5) is 10.3. The maximum Gasteiger partial charge on any atom is 0.273 e. The van der Waals surface area contributed by atoms with Gasteiger partial charge >= 0.3 is 0 Å². The van der Waals surface area contributed by atoms with Gasteiger partial charge in [-0.25, -0.2) is 0 Å². The molecule has 0 saturated carbocycles. The number of methoxy groups -OCH3 is 1. The van der Waals surface area contributed by atoms with Gasteiger partial charge in [-0.2, -0.15) is 0 Å². The molecule has 5 heteroatoms. The number of hydrogen-bond donors (Lipinski definition) is 1. The van der Waals surface area contributed by atoms with E-state index in [1.807, 2.05) is 0 Å². The number of nitro groups is 1. The average molecular weight is 211 g/mol. The molecule has 0 saturated heterocycles. The van der Waals surface area contributed by atoms with Crippen molar-refractivity contribution in [3.05, 3.63) is 33.9 Å². The minimum atomic E-state index is -0.457. The zero-order valence-corrected chi connectivity index (χ0v) is 8.64. The van der Waals surface area contributed by atoms with Gasteiger partial charge in [-0.15, -0.1) is 0 Å². The molecule has 0 aliphatic rings. The van der Waals surface area contributed by atoms with Gasteiger partial charge in [-0.05, 0) is 12.1 Å². The molecular weight excluding hydrogens is 198 g/mol. The molecule has 1 atom stereocenters. The van der Waals surface area contributed by atoms with Crippen LogP contribution in [0.4, 0.5) is 5.69 Å². The quantitative estimate of drug-likeness (QED) is 0.607. The van der Waals surface area contributed by atoms with E-state index >= 15 is 0 Å². The molecule has 0 bridgehead atoms. The van der Waals surface area contributed by atoms with Crippen LogP contribution in [0.15, 0.2) is 18.2 Å². The van der Waals surface area contributed by atoms with Gasteiger partial charge in [0.15, 0.2) is 0 Å². The SMILES string of the molecule is COc1ccc([N+](=O)[O-])c(C(C)CO)c1. The molecule has 1 N–H and O–H groups in total. The Hall–Kier alpha value is -1.62. The minimum absolute atomic E-state index is 0.0114. The van der Waals surface area contributed by atoms with Crippen LogP contribution in [0.5, 0.6) is 5.75 Å². The van der Waals surface area contributed by atoms with Gasteiger partial charge in [0.05, 0.1) is 12.0 Å². The molecule has 5 nitrogen and oxygen atoms in total. The van der Waals surface area contributed by atoms with E-state index in [4.69, 9.17) is 9.84 Å². The normalized spacial score (nSPS) is 12.2. The van der Waals surface area contributed by atoms with Crippen LogP contribution in [0.2, 0.25) is 0 Å². The van der Waals surface area contributed by atoms with Crippen LogP contribution in [-0.4, -0.2) is 23.7 Å². The van der Waals surface area contributed by atoms with Gasteiger partial charge < -0.3 is 9.84 Å². The number of rotatable bonds is 4. The highest BCUT2D eigenvalue weighted by atomic mass is 16.6. The maximum atomic E-state index is 10.7. The Bertz CT molecular complexity index is 364. The second-order valence-corrected chi connectivity index (χ2v) is 3.27. The fraction of sp³-hybridized carbons (Fsp3) is 0.400. The lowest BCUT2D eigenvalue weighted by Gasteiger charge is -2.10.